The van der Waals surface area contributed by atoms with Crippen LogP contribution >= 0.6 is 46.6 Å². The summed E-state index contributed by atoms with van der Waals surface area (Å²) in [6.45, 7) is 0.112. The fraction of sp³-hybridized carbons (Fsp3) is 0.160. The number of aromatic nitrogens is 3. The molecule has 0 saturated carbocycles. The van der Waals surface area contributed by atoms with Gasteiger partial charge in [0.2, 0.25) is 5.91 Å². The van der Waals surface area contributed by atoms with Crippen LogP contribution in [0.15, 0.2) is 78.0 Å². The van der Waals surface area contributed by atoms with Gasteiger partial charge in [-0.15, -0.1) is 21.8 Å². The molecule has 4 aromatic rings. The summed E-state index contributed by atoms with van der Waals surface area (Å²) in [5.41, 5.74) is 2.43. The van der Waals surface area contributed by atoms with Crippen molar-refractivity contribution in [1.29, 1.82) is 0 Å². The smallest absolute Gasteiger partial charge is 0.242 e. The minimum Gasteiger partial charge on any atom is -0.497 e. The first-order valence-corrected chi connectivity index (χ1v) is 12.8. The highest BCUT2D eigenvalue weighted by molar-refractivity contribution is 7.98. The van der Waals surface area contributed by atoms with Gasteiger partial charge in [0, 0.05) is 10.8 Å². The summed E-state index contributed by atoms with van der Waals surface area (Å²) < 4.78 is 7.13. The molecule has 1 unspecified atom stereocenters. The van der Waals surface area contributed by atoms with Gasteiger partial charge in [0.1, 0.15) is 11.1 Å². The van der Waals surface area contributed by atoms with E-state index in [1.54, 1.807) is 37.4 Å². The molecule has 1 heterocycles. The van der Waals surface area contributed by atoms with Gasteiger partial charge >= 0.3 is 0 Å². The molecule has 1 aromatic heterocycles. The number of thioether (sulfide) groups is 1. The number of hydrogen-bond donors (Lipinski definition) is 1. The third-order valence-corrected chi connectivity index (χ3v) is 7.08. The molecule has 6 nitrogen and oxygen atoms in total. The van der Waals surface area contributed by atoms with Crippen LogP contribution in [0.2, 0.25) is 10.0 Å². The number of nitrogens with zero attached hydrogens (tertiary/aromatic N) is 3. The fourth-order valence-corrected chi connectivity index (χ4v) is 4.97. The quantitative estimate of drug-likeness (QED) is 0.192. The molecular weight excluding hydrogens is 527 g/mol. The Hall–Kier alpha value is -2.71. The number of methoxy groups -OCH3 is 1. The zero-order chi connectivity index (χ0) is 24.8. The van der Waals surface area contributed by atoms with E-state index in [0.29, 0.717) is 38.0 Å². The van der Waals surface area contributed by atoms with Crippen LogP contribution in [0.5, 0.6) is 5.75 Å². The van der Waals surface area contributed by atoms with Crippen LogP contribution in [-0.4, -0.2) is 27.8 Å². The number of carbonyl (C=O) groups excluding carboxylic acids is 1. The number of benzene rings is 3. The Balaban J connectivity index is 1.58. The van der Waals surface area contributed by atoms with Crippen molar-refractivity contribution >= 4 is 52.5 Å². The van der Waals surface area contributed by atoms with Crippen molar-refractivity contribution in [2.24, 2.45) is 0 Å². The van der Waals surface area contributed by atoms with Gasteiger partial charge in [0.15, 0.2) is 11.0 Å². The lowest BCUT2D eigenvalue weighted by Crippen LogP contribution is -2.28. The molecule has 3 aromatic carbocycles. The molecule has 1 atom stereocenters. The van der Waals surface area contributed by atoms with E-state index in [1.807, 2.05) is 47.0 Å². The molecule has 0 spiro atoms. The van der Waals surface area contributed by atoms with E-state index in [9.17, 15) is 4.79 Å². The minimum atomic E-state index is -0.825. The number of alkyl halides is 1. The molecule has 4 rings (SSSR count). The van der Waals surface area contributed by atoms with E-state index in [0.717, 1.165) is 11.3 Å². The zero-order valence-corrected chi connectivity index (χ0v) is 21.7. The Morgan fingerprint density at radius 1 is 1.06 bits per heavy atom. The van der Waals surface area contributed by atoms with Crippen molar-refractivity contribution in [3.8, 4) is 11.4 Å². The summed E-state index contributed by atoms with van der Waals surface area (Å²) in [5, 5.41) is 12.3. The summed E-state index contributed by atoms with van der Waals surface area (Å²) in [6, 6.07) is 22.2. The Kier molecular flexibility index (Phi) is 8.57. The summed E-state index contributed by atoms with van der Waals surface area (Å²) in [4.78, 5) is 12.7. The summed E-state index contributed by atoms with van der Waals surface area (Å²) >= 11 is 20.5. The Bertz CT molecular complexity index is 1320. The van der Waals surface area contributed by atoms with E-state index in [1.165, 1.54) is 11.8 Å². The van der Waals surface area contributed by atoms with Gasteiger partial charge in [0.25, 0.3) is 0 Å². The van der Waals surface area contributed by atoms with Gasteiger partial charge in [-0.1, -0.05) is 77.4 Å². The van der Waals surface area contributed by atoms with E-state index >= 15 is 0 Å². The van der Waals surface area contributed by atoms with Crippen LogP contribution in [0.25, 0.3) is 5.69 Å². The van der Waals surface area contributed by atoms with Crippen molar-refractivity contribution in [2.75, 3.05) is 7.11 Å². The lowest BCUT2D eigenvalue weighted by atomic mass is 10.1. The number of hydrogen-bond acceptors (Lipinski definition) is 5. The Morgan fingerprint density at radius 2 is 1.86 bits per heavy atom. The first-order valence-electron chi connectivity index (χ1n) is 10.6. The molecule has 0 fully saturated rings. The molecular formula is C25H21Cl3N4O2S. The molecule has 0 radical (unpaired) electrons. The SMILES string of the molecule is COc1cccc(CSc2nnc(CNC(=O)C(Cl)c3ccccc3)n2-c2ccc(Cl)cc2Cl)c1. The van der Waals surface area contributed by atoms with Gasteiger partial charge in [-0.25, -0.2) is 0 Å². The number of carbonyl (C=O) groups is 1. The van der Waals surface area contributed by atoms with Crippen LogP contribution in [0.3, 0.4) is 0 Å². The van der Waals surface area contributed by atoms with Crippen molar-refractivity contribution in [3.63, 3.8) is 0 Å². The molecule has 0 saturated heterocycles. The first-order chi connectivity index (χ1) is 17.0. The number of halogens is 3. The molecule has 10 heteroatoms. The molecule has 35 heavy (non-hydrogen) atoms. The minimum absolute atomic E-state index is 0.112. The summed E-state index contributed by atoms with van der Waals surface area (Å²) in [7, 11) is 1.63. The highest BCUT2D eigenvalue weighted by Crippen LogP contribution is 2.31. The standard InChI is InChI=1S/C25H21Cl3N4O2S/c1-34-19-9-5-6-16(12-19)15-35-25-31-30-22(32(25)21-11-10-18(26)13-20(21)27)14-29-24(33)23(28)17-7-3-2-4-8-17/h2-13,23H,14-15H2,1H3,(H,29,33). The third-order valence-electron chi connectivity index (χ3n) is 5.10. The number of amides is 1. The second-order valence-electron chi connectivity index (χ2n) is 7.46. The number of rotatable bonds is 9. The van der Waals surface area contributed by atoms with Gasteiger partial charge < -0.3 is 10.1 Å². The molecule has 1 N–H and O–H groups in total. The zero-order valence-electron chi connectivity index (χ0n) is 18.6. The Labute approximate surface area is 222 Å². The van der Waals surface area contributed by atoms with E-state index in [4.69, 9.17) is 39.5 Å². The number of ether oxygens (including phenoxy) is 1. The highest BCUT2D eigenvalue weighted by Gasteiger charge is 2.21. The average Bonchev–Trinajstić information content (AvgIpc) is 3.28. The molecule has 0 aliphatic rings. The van der Waals surface area contributed by atoms with Crippen molar-refractivity contribution in [2.45, 2.75) is 22.8 Å². The maximum absolute atomic E-state index is 12.7. The van der Waals surface area contributed by atoms with Crippen molar-refractivity contribution in [3.05, 3.63) is 99.8 Å². The van der Waals surface area contributed by atoms with E-state index < -0.39 is 5.38 Å². The molecule has 0 aliphatic carbocycles. The van der Waals surface area contributed by atoms with E-state index in [2.05, 4.69) is 15.5 Å². The van der Waals surface area contributed by atoms with Crippen LogP contribution in [0.1, 0.15) is 22.3 Å². The fourth-order valence-electron chi connectivity index (χ4n) is 3.35. The second kappa shape index (κ2) is 11.8. The summed E-state index contributed by atoms with van der Waals surface area (Å²) in [6.07, 6.45) is 0. The maximum Gasteiger partial charge on any atom is 0.242 e. The summed E-state index contributed by atoms with van der Waals surface area (Å²) in [5.74, 6) is 1.58. The maximum atomic E-state index is 12.7. The van der Waals surface area contributed by atoms with Crippen LogP contribution in [0.4, 0.5) is 0 Å². The number of nitrogens with one attached hydrogen (secondary N) is 1. The molecule has 0 aliphatic heterocycles. The van der Waals surface area contributed by atoms with Crippen LogP contribution < -0.4 is 10.1 Å². The molecule has 0 bridgehead atoms. The van der Waals surface area contributed by atoms with Gasteiger partial charge in [-0.05, 0) is 41.5 Å². The monoisotopic (exact) mass is 546 g/mol. The first kappa shape index (κ1) is 25.4. The predicted octanol–water partition coefficient (Wildman–Crippen LogP) is 6.47. The molecule has 1 amide bonds. The normalized spacial score (nSPS) is 11.8. The lowest BCUT2D eigenvalue weighted by Gasteiger charge is -2.14. The topological polar surface area (TPSA) is 69.0 Å². The van der Waals surface area contributed by atoms with Gasteiger partial charge in [-0.3, -0.25) is 9.36 Å². The third kappa shape index (κ3) is 6.30. The molecule has 180 valence electrons. The van der Waals surface area contributed by atoms with Gasteiger partial charge in [-0.2, -0.15) is 0 Å². The van der Waals surface area contributed by atoms with Crippen molar-refractivity contribution < 1.29 is 9.53 Å². The highest BCUT2D eigenvalue weighted by atomic mass is 35.5. The van der Waals surface area contributed by atoms with Crippen LogP contribution in [-0.2, 0) is 17.1 Å². The van der Waals surface area contributed by atoms with Crippen molar-refractivity contribution in [1.82, 2.24) is 20.1 Å². The van der Waals surface area contributed by atoms with Crippen LogP contribution in [0, 0.1) is 0 Å². The van der Waals surface area contributed by atoms with Gasteiger partial charge in [0.05, 0.1) is 24.4 Å². The lowest BCUT2D eigenvalue weighted by molar-refractivity contribution is -0.121. The predicted molar refractivity (Wildman–Crippen MR) is 141 cm³/mol. The average molecular weight is 548 g/mol. The Morgan fingerprint density at radius 3 is 2.60 bits per heavy atom. The largest absolute Gasteiger partial charge is 0.497 e. The second-order valence-corrected chi connectivity index (χ2v) is 9.68. The van der Waals surface area contributed by atoms with E-state index in [-0.39, 0.29) is 12.5 Å².